The topological polar surface area (TPSA) is 28.2 Å². The molecule has 1 N–H and O–H groups in total. The van der Waals surface area contributed by atoms with Crippen molar-refractivity contribution in [3.63, 3.8) is 0 Å². The smallest absolute Gasteiger partial charge is 0.186 e. The molecule has 0 spiro atoms. The summed E-state index contributed by atoms with van der Waals surface area (Å²) in [5, 5.41) is 4.80. The highest BCUT2D eigenvalue weighted by molar-refractivity contribution is 7.15. The number of rotatable bonds is 6. The fourth-order valence-electron chi connectivity index (χ4n) is 2.91. The number of aryl methyl sites for hydroxylation is 1. The lowest BCUT2D eigenvalue weighted by molar-refractivity contribution is 0.390. The van der Waals surface area contributed by atoms with E-state index in [9.17, 15) is 0 Å². The predicted molar refractivity (Wildman–Crippen MR) is 93.3 cm³/mol. The molecule has 0 radical (unpaired) electrons. The van der Waals surface area contributed by atoms with Gasteiger partial charge in [0.2, 0.25) is 0 Å². The van der Waals surface area contributed by atoms with Gasteiger partial charge in [0.15, 0.2) is 5.13 Å². The number of anilines is 1. The highest BCUT2D eigenvalue weighted by Crippen LogP contribution is 2.33. The van der Waals surface area contributed by atoms with Crippen LogP contribution in [0.5, 0.6) is 0 Å². The van der Waals surface area contributed by atoms with Crippen molar-refractivity contribution in [3.8, 4) is 0 Å². The SMILES string of the molecule is CCCc1nc(N2CC(C)CCC2C)sc1CNC(C)C. The molecule has 21 heavy (non-hydrogen) atoms. The summed E-state index contributed by atoms with van der Waals surface area (Å²) in [5.74, 6) is 0.789. The molecule has 3 nitrogen and oxygen atoms in total. The third-order valence-electron chi connectivity index (χ3n) is 4.29. The quantitative estimate of drug-likeness (QED) is 0.853. The van der Waals surface area contributed by atoms with Crippen molar-refractivity contribution in [1.82, 2.24) is 10.3 Å². The van der Waals surface area contributed by atoms with Gasteiger partial charge in [-0.25, -0.2) is 4.98 Å². The van der Waals surface area contributed by atoms with Crippen LogP contribution < -0.4 is 10.2 Å². The molecule has 120 valence electrons. The van der Waals surface area contributed by atoms with E-state index in [0.29, 0.717) is 12.1 Å². The third kappa shape index (κ3) is 4.43. The van der Waals surface area contributed by atoms with Gasteiger partial charge in [-0.1, -0.05) is 34.1 Å². The maximum atomic E-state index is 4.99. The van der Waals surface area contributed by atoms with Crippen molar-refractivity contribution in [1.29, 1.82) is 0 Å². The number of piperidine rings is 1. The lowest BCUT2D eigenvalue weighted by Crippen LogP contribution is -2.41. The molecule has 2 heterocycles. The standard InChI is InChI=1S/C17H31N3S/c1-6-7-15-16(10-18-12(2)3)21-17(19-15)20-11-13(4)8-9-14(20)5/h12-14,18H,6-11H2,1-5H3. The summed E-state index contributed by atoms with van der Waals surface area (Å²) in [6, 6.07) is 1.16. The summed E-state index contributed by atoms with van der Waals surface area (Å²) in [5.41, 5.74) is 1.32. The molecule has 0 aliphatic carbocycles. The van der Waals surface area contributed by atoms with Gasteiger partial charge < -0.3 is 10.2 Å². The summed E-state index contributed by atoms with van der Waals surface area (Å²) in [4.78, 5) is 8.97. The summed E-state index contributed by atoms with van der Waals surface area (Å²) >= 11 is 1.91. The third-order valence-corrected chi connectivity index (χ3v) is 5.42. The zero-order valence-electron chi connectivity index (χ0n) is 14.3. The average Bonchev–Trinajstić information content (AvgIpc) is 2.83. The van der Waals surface area contributed by atoms with Crippen LogP contribution in [0.1, 0.15) is 64.5 Å². The fraction of sp³-hybridized carbons (Fsp3) is 0.824. The van der Waals surface area contributed by atoms with E-state index in [-0.39, 0.29) is 0 Å². The van der Waals surface area contributed by atoms with E-state index in [4.69, 9.17) is 4.98 Å². The first-order valence-corrected chi connectivity index (χ1v) is 9.31. The van der Waals surface area contributed by atoms with Crippen LogP contribution in [0.15, 0.2) is 0 Å². The first-order valence-electron chi connectivity index (χ1n) is 8.49. The van der Waals surface area contributed by atoms with Crippen molar-refractivity contribution < 1.29 is 0 Å². The van der Waals surface area contributed by atoms with Crippen LogP contribution in [0.2, 0.25) is 0 Å². The molecule has 2 rings (SSSR count). The van der Waals surface area contributed by atoms with Gasteiger partial charge in [-0.2, -0.15) is 0 Å². The lowest BCUT2D eigenvalue weighted by Gasteiger charge is -2.36. The Balaban J connectivity index is 2.17. The number of hydrogen-bond acceptors (Lipinski definition) is 4. The average molecular weight is 310 g/mol. The Morgan fingerprint density at radius 2 is 2.10 bits per heavy atom. The van der Waals surface area contributed by atoms with Gasteiger partial charge in [0.05, 0.1) is 5.69 Å². The van der Waals surface area contributed by atoms with Crippen LogP contribution in [0.25, 0.3) is 0 Å². The zero-order chi connectivity index (χ0) is 15.4. The van der Waals surface area contributed by atoms with E-state index in [1.54, 1.807) is 0 Å². The number of aromatic nitrogens is 1. The molecule has 1 aliphatic heterocycles. The van der Waals surface area contributed by atoms with Gasteiger partial charge in [0.1, 0.15) is 0 Å². The molecule has 1 aliphatic rings. The lowest BCUT2D eigenvalue weighted by atomic mass is 9.96. The van der Waals surface area contributed by atoms with Crippen molar-refractivity contribution >= 4 is 16.5 Å². The maximum Gasteiger partial charge on any atom is 0.186 e. The van der Waals surface area contributed by atoms with Crippen LogP contribution >= 0.6 is 11.3 Å². The summed E-state index contributed by atoms with van der Waals surface area (Å²) in [7, 11) is 0. The van der Waals surface area contributed by atoms with Gasteiger partial charge in [-0.05, 0) is 32.1 Å². The van der Waals surface area contributed by atoms with E-state index in [1.807, 2.05) is 11.3 Å². The molecule has 2 atom stereocenters. The van der Waals surface area contributed by atoms with Crippen LogP contribution in [0.3, 0.4) is 0 Å². The van der Waals surface area contributed by atoms with Gasteiger partial charge in [0, 0.05) is 30.1 Å². The first-order chi connectivity index (χ1) is 10.0. The number of hydrogen-bond donors (Lipinski definition) is 1. The minimum Gasteiger partial charge on any atom is -0.345 e. The Morgan fingerprint density at radius 1 is 1.33 bits per heavy atom. The second-order valence-corrected chi connectivity index (χ2v) is 7.90. The maximum absolute atomic E-state index is 4.99. The molecule has 1 aromatic rings. The van der Waals surface area contributed by atoms with Crippen molar-refractivity contribution in [2.24, 2.45) is 5.92 Å². The monoisotopic (exact) mass is 309 g/mol. The Bertz CT molecular complexity index is 441. The van der Waals surface area contributed by atoms with Crippen LogP contribution in [0.4, 0.5) is 5.13 Å². The Kier molecular flexibility index (Phi) is 6.06. The van der Waals surface area contributed by atoms with E-state index in [0.717, 1.165) is 25.4 Å². The molecule has 1 fully saturated rings. The summed E-state index contributed by atoms with van der Waals surface area (Å²) in [6.07, 6.45) is 4.92. The minimum absolute atomic E-state index is 0.527. The van der Waals surface area contributed by atoms with Crippen LogP contribution in [-0.4, -0.2) is 23.6 Å². The Hall–Kier alpha value is -0.610. The molecular weight excluding hydrogens is 278 g/mol. The highest BCUT2D eigenvalue weighted by atomic mass is 32.1. The molecule has 0 aromatic carbocycles. The molecule has 4 heteroatoms. The number of nitrogens with zero attached hydrogens (tertiary/aromatic N) is 2. The molecule has 0 bridgehead atoms. The summed E-state index contributed by atoms with van der Waals surface area (Å²) < 4.78 is 0. The van der Waals surface area contributed by atoms with Crippen molar-refractivity contribution in [3.05, 3.63) is 10.6 Å². The number of thiazole rings is 1. The van der Waals surface area contributed by atoms with Gasteiger partial charge in [0.25, 0.3) is 0 Å². The summed E-state index contributed by atoms with van der Waals surface area (Å²) in [6.45, 7) is 13.5. The Morgan fingerprint density at radius 3 is 2.76 bits per heavy atom. The molecule has 1 aromatic heterocycles. The number of nitrogens with one attached hydrogen (secondary N) is 1. The van der Waals surface area contributed by atoms with E-state index >= 15 is 0 Å². The van der Waals surface area contributed by atoms with Gasteiger partial charge >= 0.3 is 0 Å². The normalized spacial score (nSPS) is 23.0. The van der Waals surface area contributed by atoms with Crippen LogP contribution in [0, 0.1) is 5.92 Å². The van der Waals surface area contributed by atoms with E-state index < -0.39 is 0 Å². The van der Waals surface area contributed by atoms with Gasteiger partial charge in [-0.3, -0.25) is 0 Å². The second kappa shape index (κ2) is 7.59. The predicted octanol–water partition coefficient (Wildman–Crippen LogP) is 4.22. The van der Waals surface area contributed by atoms with Crippen molar-refractivity contribution in [2.45, 2.75) is 78.9 Å². The second-order valence-electron chi connectivity index (χ2n) is 6.84. The highest BCUT2D eigenvalue weighted by Gasteiger charge is 2.26. The largest absolute Gasteiger partial charge is 0.345 e. The Labute approximate surface area is 134 Å². The fourth-order valence-corrected chi connectivity index (χ4v) is 4.08. The van der Waals surface area contributed by atoms with Crippen molar-refractivity contribution in [2.75, 3.05) is 11.4 Å². The molecule has 0 saturated carbocycles. The first kappa shape index (κ1) is 16.8. The molecule has 2 unspecified atom stereocenters. The minimum atomic E-state index is 0.527. The van der Waals surface area contributed by atoms with E-state index in [2.05, 4.69) is 44.8 Å². The molecular formula is C17H31N3S. The van der Waals surface area contributed by atoms with E-state index in [1.165, 1.54) is 35.0 Å². The zero-order valence-corrected chi connectivity index (χ0v) is 15.1. The van der Waals surface area contributed by atoms with Crippen LogP contribution in [-0.2, 0) is 13.0 Å². The molecule has 1 saturated heterocycles. The molecule has 0 amide bonds. The van der Waals surface area contributed by atoms with Gasteiger partial charge in [-0.15, -0.1) is 11.3 Å².